The molecule has 0 radical (unpaired) electrons. The van der Waals surface area contributed by atoms with Crippen LogP contribution in [0.4, 0.5) is 5.69 Å². The normalized spacial score (nSPS) is 10.8. The van der Waals surface area contributed by atoms with Gasteiger partial charge in [0.05, 0.1) is 7.11 Å². The van der Waals surface area contributed by atoms with Gasteiger partial charge in [-0.05, 0) is 48.5 Å². The van der Waals surface area contributed by atoms with Crippen LogP contribution in [0.2, 0.25) is 0 Å². The number of methoxy groups -OCH3 is 1. The zero-order valence-electron chi connectivity index (χ0n) is 17.4. The lowest BCUT2D eigenvalue weighted by molar-refractivity contribution is 0.415. The van der Waals surface area contributed by atoms with E-state index in [4.69, 9.17) is 15.2 Å². The van der Waals surface area contributed by atoms with E-state index in [0.717, 1.165) is 22.7 Å². The monoisotopic (exact) mass is 542 g/mol. The molecular formula is C23H23IN6O2. The van der Waals surface area contributed by atoms with Crippen LogP contribution in [0.1, 0.15) is 5.82 Å². The molecule has 0 aliphatic rings. The van der Waals surface area contributed by atoms with Crippen molar-refractivity contribution in [2.75, 3.05) is 12.4 Å². The minimum absolute atomic E-state index is 0. The average Bonchev–Trinajstić information content (AvgIpc) is 3.28. The Labute approximate surface area is 202 Å². The molecule has 9 heteroatoms. The topological polar surface area (TPSA) is 110 Å². The predicted molar refractivity (Wildman–Crippen MR) is 136 cm³/mol. The summed E-state index contributed by atoms with van der Waals surface area (Å²) in [7, 11) is 1.63. The van der Waals surface area contributed by atoms with E-state index >= 15 is 0 Å². The van der Waals surface area contributed by atoms with Crippen molar-refractivity contribution in [3.63, 3.8) is 0 Å². The Hall–Kier alpha value is -3.60. The molecule has 0 atom stereocenters. The van der Waals surface area contributed by atoms with E-state index in [9.17, 15) is 0 Å². The Kier molecular flexibility index (Phi) is 8.03. The molecule has 1 aromatic heterocycles. The number of nitrogens with two attached hydrogens (primary N) is 1. The number of H-pyrrole nitrogens is 1. The number of nitrogens with one attached hydrogen (secondary N) is 2. The molecule has 0 bridgehead atoms. The minimum atomic E-state index is 0. The Morgan fingerprint density at radius 2 is 1.72 bits per heavy atom. The van der Waals surface area contributed by atoms with E-state index in [1.54, 1.807) is 7.11 Å². The fourth-order valence-electron chi connectivity index (χ4n) is 2.84. The van der Waals surface area contributed by atoms with E-state index in [0.29, 0.717) is 17.4 Å². The highest BCUT2D eigenvalue weighted by molar-refractivity contribution is 14.0. The van der Waals surface area contributed by atoms with Crippen molar-refractivity contribution in [1.82, 2.24) is 15.2 Å². The zero-order chi connectivity index (χ0) is 21.5. The van der Waals surface area contributed by atoms with E-state index in [-0.39, 0.29) is 36.5 Å². The highest BCUT2D eigenvalue weighted by Crippen LogP contribution is 2.24. The van der Waals surface area contributed by atoms with Crippen molar-refractivity contribution in [3.8, 4) is 28.6 Å². The number of nitrogens with zero attached hydrogens (tertiary/aromatic N) is 3. The van der Waals surface area contributed by atoms with E-state index in [1.807, 2.05) is 78.9 Å². The van der Waals surface area contributed by atoms with Gasteiger partial charge in [0, 0.05) is 17.3 Å². The first kappa shape index (κ1) is 23.1. The lowest BCUT2D eigenvalue weighted by atomic mass is 10.2. The molecule has 0 saturated carbocycles. The highest BCUT2D eigenvalue weighted by atomic mass is 127. The summed E-state index contributed by atoms with van der Waals surface area (Å²) in [6.07, 6.45) is 0. The van der Waals surface area contributed by atoms with Crippen LogP contribution >= 0.6 is 24.0 Å². The van der Waals surface area contributed by atoms with Crippen LogP contribution in [0.15, 0.2) is 83.9 Å². The van der Waals surface area contributed by atoms with Gasteiger partial charge in [0.2, 0.25) is 0 Å². The molecule has 0 saturated heterocycles. The number of anilines is 1. The van der Waals surface area contributed by atoms with Crippen molar-refractivity contribution in [2.24, 2.45) is 10.7 Å². The summed E-state index contributed by atoms with van der Waals surface area (Å²) in [5, 5.41) is 10.2. The molecule has 4 aromatic rings. The van der Waals surface area contributed by atoms with Crippen molar-refractivity contribution >= 4 is 35.6 Å². The fourth-order valence-corrected chi connectivity index (χ4v) is 2.84. The number of aromatic nitrogens is 3. The van der Waals surface area contributed by atoms with Gasteiger partial charge >= 0.3 is 0 Å². The molecule has 32 heavy (non-hydrogen) atoms. The van der Waals surface area contributed by atoms with Gasteiger partial charge in [-0.25, -0.2) is 9.98 Å². The number of aromatic amines is 1. The molecule has 164 valence electrons. The summed E-state index contributed by atoms with van der Waals surface area (Å²) in [6, 6.07) is 24.6. The fraction of sp³-hybridized carbons (Fsp3) is 0.0870. The molecule has 4 rings (SSSR count). The van der Waals surface area contributed by atoms with Crippen LogP contribution in [0.5, 0.6) is 17.2 Å². The molecular weight excluding hydrogens is 519 g/mol. The van der Waals surface area contributed by atoms with Gasteiger partial charge in [-0.2, -0.15) is 5.10 Å². The maximum atomic E-state index is 6.03. The Morgan fingerprint density at radius 3 is 2.47 bits per heavy atom. The van der Waals surface area contributed by atoms with Crippen LogP contribution in [0.3, 0.4) is 0 Å². The van der Waals surface area contributed by atoms with Gasteiger partial charge in [-0.1, -0.05) is 24.3 Å². The molecule has 0 aliphatic heterocycles. The average molecular weight is 542 g/mol. The molecule has 0 aliphatic carbocycles. The Balaban J connectivity index is 0.00000289. The zero-order valence-corrected chi connectivity index (χ0v) is 19.7. The summed E-state index contributed by atoms with van der Waals surface area (Å²) in [5.74, 6) is 3.70. The number of aliphatic imine (C=N–C) groups is 1. The van der Waals surface area contributed by atoms with Gasteiger partial charge in [0.1, 0.15) is 29.6 Å². The molecule has 0 unspecified atom stereocenters. The quantitative estimate of drug-likeness (QED) is 0.176. The summed E-state index contributed by atoms with van der Waals surface area (Å²) < 4.78 is 11.0. The largest absolute Gasteiger partial charge is 0.497 e. The smallest absolute Gasteiger partial charge is 0.193 e. The highest BCUT2D eigenvalue weighted by Gasteiger charge is 2.06. The number of halogens is 1. The first-order valence-corrected chi connectivity index (χ1v) is 9.65. The number of ether oxygens (including phenoxy) is 2. The second kappa shape index (κ2) is 11.1. The third-order valence-electron chi connectivity index (χ3n) is 4.36. The molecule has 8 nitrogen and oxygen atoms in total. The van der Waals surface area contributed by atoms with Gasteiger partial charge in [0.25, 0.3) is 0 Å². The van der Waals surface area contributed by atoms with Crippen LogP contribution in [0, 0.1) is 0 Å². The summed E-state index contributed by atoms with van der Waals surface area (Å²) in [4.78, 5) is 8.78. The summed E-state index contributed by atoms with van der Waals surface area (Å²) >= 11 is 0. The summed E-state index contributed by atoms with van der Waals surface area (Å²) in [5.41, 5.74) is 7.68. The third-order valence-corrected chi connectivity index (χ3v) is 4.36. The lowest BCUT2D eigenvalue weighted by Crippen LogP contribution is -2.22. The van der Waals surface area contributed by atoms with Crippen LogP contribution < -0.4 is 20.5 Å². The number of rotatable bonds is 7. The SMILES string of the molecule is COc1ccc(-c2n[nH]c(CN=C(N)Nc3cccc(Oc4ccccc4)c3)n2)cc1.I. The first-order chi connectivity index (χ1) is 15.2. The first-order valence-electron chi connectivity index (χ1n) is 9.65. The van der Waals surface area contributed by atoms with Gasteiger partial charge in [-0.15, -0.1) is 24.0 Å². The molecule has 1 heterocycles. The van der Waals surface area contributed by atoms with Crippen molar-refractivity contribution in [3.05, 3.63) is 84.7 Å². The van der Waals surface area contributed by atoms with Crippen molar-refractivity contribution in [2.45, 2.75) is 6.54 Å². The Morgan fingerprint density at radius 1 is 0.969 bits per heavy atom. The minimum Gasteiger partial charge on any atom is -0.497 e. The van der Waals surface area contributed by atoms with Crippen molar-refractivity contribution < 1.29 is 9.47 Å². The van der Waals surface area contributed by atoms with Crippen molar-refractivity contribution in [1.29, 1.82) is 0 Å². The second-order valence-electron chi connectivity index (χ2n) is 6.60. The molecule has 0 fully saturated rings. The molecule has 4 N–H and O–H groups in total. The number of hydrogen-bond acceptors (Lipinski definition) is 5. The molecule has 0 amide bonds. The Bertz CT molecular complexity index is 1160. The molecule has 3 aromatic carbocycles. The van der Waals surface area contributed by atoms with Gasteiger partial charge in [0.15, 0.2) is 11.8 Å². The maximum absolute atomic E-state index is 6.03. The van der Waals surface area contributed by atoms with E-state index in [2.05, 4.69) is 25.5 Å². The van der Waals surface area contributed by atoms with E-state index < -0.39 is 0 Å². The van der Waals surface area contributed by atoms with Crippen LogP contribution in [0.25, 0.3) is 11.4 Å². The predicted octanol–water partition coefficient (Wildman–Crippen LogP) is 4.82. The number of hydrogen-bond donors (Lipinski definition) is 3. The lowest BCUT2D eigenvalue weighted by Gasteiger charge is -2.09. The number of benzene rings is 3. The summed E-state index contributed by atoms with van der Waals surface area (Å²) in [6.45, 7) is 0.266. The standard InChI is InChI=1S/C23H22N6O2.HI/c1-30-18-12-10-16(11-13-18)22-27-21(28-29-22)15-25-23(24)26-17-6-5-9-20(14-17)31-19-7-3-2-4-8-19;/h2-14H,15H2,1H3,(H3,24,25,26)(H,27,28,29);1H. The number of para-hydroxylation sites is 1. The third kappa shape index (κ3) is 6.20. The molecule has 0 spiro atoms. The van der Waals surface area contributed by atoms with Crippen LogP contribution in [-0.4, -0.2) is 28.3 Å². The van der Waals surface area contributed by atoms with Crippen LogP contribution in [-0.2, 0) is 6.54 Å². The van der Waals surface area contributed by atoms with Gasteiger partial charge < -0.3 is 20.5 Å². The van der Waals surface area contributed by atoms with Gasteiger partial charge in [-0.3, -0.25) is 5.10 Å². The maximum Gasteiger partial charge on any atom is 0.193 e. The number of guanidine groups is 1. The second-order valence-corrected chi connectivity index (χ2v) is 6.60. The van der Waals surface area contributed by atoms with E-state index in [1.165, 1.54) is 0 Å².